The van der Waals surface area contributed by atoms with Crippen molar-refractivity contribution in [2.24, 2.45) is 0 Å². The summed E-state index contributed by atoms with van der Waals surface area (Å²) in [5, 5.41) is 7.93. The third kappa shape index (κ3) is 4.44. The molecule has 2 heterocycles. The molecule has 0 spiro atoms. The molecule has 0 bridgehead atoms. The van der Waals surface area contributed by atoms with E-state index in [-0.39, 0.29) is 17.5 Å². The van der Waals surface area contributed by atoms with Gasteiger partial charge in [-0.25, -0.2) is 8.78 Å². The lowest BCUT2D eigenvalue weighted by Crippen LogP contribution is -2.46. The maximum atomic E-state index is 14.2. The Bertz CT molecular complexity index is 1440. The maximum absolute atomic E-state index is 14.2. The summed E-state index contributed by atoms with van der Waals surface area (Å²) in [5.41, 5.74) is 5.83. The molecule has 35 heavy (non-hydrogen) atoms. The number of allylic oxidation sites excluding steroid dienone is 1. The fourth-order valence-electron chi connectivity index (χ4n) is 4.40. The molecule has 0 amide bonds. The van der Waals surface area contributed by atoms with Crippen LogP contribution >= 0.6 is 12.2 Å². The van der Waals surface area contributed by atoms with E-state index in [1.54, 1.807) is 18.2 Å². The molecule has 3 aromatic carbocycles. The number of aryl methyl sites for hydroxylation is 2. The third-order valence-electron chi connectivity index (χ3n) is 5.89. The lowest BCUT2D eigenvalue weighted by atomic mass is 9.94. The Morgan fingerprint density at radius 2 is 1.63 bits per heavy atom. The highest BCUT2D eigenvalue weighted by Crippen LogP contribution is 2.39. The molecule has 0 fully saturated rings. The molecule has 0 radical (unpaired) electrons. The van der Waals surface area contributed by atoms with Gasteiger partial charge in [-0.1, -0.05) is 23.4 Å². The normalized spacial score (nSPS) is 16.0. The standard InChI is InChI=1S/C27H22F2N4OS/c1-15-11-16(2)13-22(12-15)33-17(3)23(24(30-27(33)35)19-5-4-6-21(29)14-19)26-31-25(32-34-26)18-7-9-20(28)10-8-18/h4-14,24H,1-3H3,(H,30,35). The van der Waals surface area contributed by atoms with Gasteiger partial charge in [0.2, 0.25) is 5.82 Å². The highest BCUT2D eigenvalue weighted by Gasteiger charge is 2.35. The second-order valence-electron chi connectivity index (χ2n) is 8.55. The lowest BCUT2D eigenvalue weighted by molar-refractivity contribution is 0.404. The number of nitrogens with zero attached hydrogens (tertiary/aromatic N) is 3. The van der Waals surface area contributed by atoms with Crippen LogP contribution in [0.3, 0.4) is 0 Å². The van der Waals surface area contributed by atoms with Crippen LogP contribution in [0.2, 0.25) is 0 Å². The predicted molar refractivity (Wildman–Crippen MR) is 136 cm³/mol. The highest BCUT2D eigenvalue weighted by atomic mass is 32.1. The SMILES string of the molecule is CC1=C(c2nc(-c3ccc(F)cc3)no2)C(c2cccc(F)c2)NC(=S)N1c1cc(C)cc(C)c1. The Hall–Kier alpha value is -3.91. The van der Waals surface area contributed by atoms with Gasteiger partial charge in [0.05, 0.1) is 11.6 Å². The van der Waals surface area contributed by atoms with Crippen molar-refractivity contribution in [3.8, 4) is 11.4 Å². The Kier molecular flexibility index (Phi) is 5.90. The number of thiocarbonyl (C=S) groups is 1. The zero-order chi connectivity index (χ0) is 24.7. The molecular weight excluding hydrogens is 466 g/mol. The van der Waals surface area contributed by atoms with Crippen LogP contribution in [0.1, 0.15) is 35.5 Å². The van der Waals surface area contributed by atoms with E-state index in [2.05, 4.69) is 21.5 Å². The molecule has 0 aliphatic carbocycles. The van der Waals surface area contributed by atoms with Crippen molar-refractivity contribution >= 4 is 28.6 Å². The Labute approximate surface area is 207 Å². The summed E-state index contributed by atoms with van der Waals surface area (Å²) < 4.78 is 33.2. The van der Waals surface area contributed by atoms with Crippen LogP contribution in [0.5, 0.6) is 0 Å². The topological polar surface area (TPSA) is 54.2 Å². The molecule has 1 aliphatic rings. The maximum Gasteiger partial charge on any atom is 0.258 e. The van der Waals surface area contributed by atoms with Gasteiger partial charge in [0, 0.05) is 16.9 Å². The van der Waals surface area contributed by atoms with E-state index >= 15 is 0 Å². The Morgan fingerprint density at radius 1 is 0.914 bits per heavy atom. The van der Waals surface area contributed by atoms with Gasteiger partial charge in [0.25, 0.3) is 5.89 Å². The first-order chi connectivity index (χ1) is 16.8. The molecule has 1 aliphatic heterocycles. The van der Waals surface area contributed by atoms with E-state index in [1.165, 1.54) is 24.3 Å². The van der Waals surface area contributed by atoms with Crippen LogP contribution in [0.4, 0.5) is 14.5 Å². The zero-order valence-corrected chi connectivity index (χ0v) is 20.2. The van der Waals surface area contributed by atoms with Crippen molar-refractivity contribution in [3.63, 3.8) is 0 Å². The molecule has 8 heteroatoms. The first kappa shape index (κ1) is 22.9. The molecule has 1 unspecified atom stereocenters. The van der Waals surface area contributed by atoms with E-state index in [4.69, 9.17) is 16.7 Å². The summed E-state index contributed by atoms with van der Waals surface area (Å²) in [6, 6.07) is 17.8. The number of halogens is 2. The van der Waals surface area contributed by atoms with Crippen molar-refractivity contribution in [2.45, 2.75) is 26.8 Å². The monoisotopic (exact) mass is 488 g/mol. The van der Waals surface area contributed by atoms with Crippen molar-refractivity contribution in [3.05, 3.63) is 107 Å². The predicted octanol–water partition coefficient (Wildman–Crippen LogP) is 6.50. The van der Waals surface area contributed by atoms with E-state index in [1.807, 2.05) is 43.9 Å². The van der Waals surface area contributed by atoms with E-state index in [0.717, 1.165) is 22.5 Å². The number of nitrogens with one attached hydrogen (secondary N) is 1. The summed E-state index contributed by atoms with van der Waals surface area (Å²) in [6.07, 6.45) is 0. The molecule has 5 nitrogen and oxygen atoms in total. The molecule has 0 saturated heterocycles. The second kappa shape index (κ2) is 9.03. The van der Waals surface area contributed by atoms with Crippen molar-refractivity contribution in [2.75, 3.05) is 4.90 Å². The first-order valence-corrected chi connectivity index (χ1v) is 11.5. The van der Waals surface area contributed by atoms with Gasteiger partial charge < -0.3 is 9.84 Å². The average molecular weight is 489 g/mol. The van der Waals surface area contributed by atoms with Gasteiger partial charge in [0.15, 0.2) is 5.11 Å². The highest BCUT2D eigenvalue weighted by molar-refractivity contribution is 7.80. The van der Waals surface area contributed by atoms with Crippen molar-refractivity contribution in [1.29, 1.82) is 0 Å². The van der Waals surface area contributed by atoms with Gasteiger partial charge in [-0.3, -0.25) is 4.90 Å². The van der Waals surface area contributed by atoms with Crippen molar-refractivity contribution < 1.29 is 13.3 Å². The fraction of sp³-hybridized carbons (Fsp3) is 0.148. The number of aromatic nitrogens is 2. The fourth-order valence-corrected chi connectivity index (χ4v) is 4.76. The number of rotatable bonds is 4. The molecule has 5 rings (SSSR count). The van der Waals surface area contributed by atoms with Crippen LogP contribution in [0, 0.1) is 25.5 Å². The Balaban J connectivity index is 1.67. The van der Waals surface area contributed by atoms with Gasteiger partial charge in [-0.05, 0) is 98.2 Å². The first-order valence-electron chi connectivity index (χ1n) is 11.1. The molecule has 4 aromatic rings. The smallest absolute Gasteiger partial charge is 0.258 e. The van der Waals surface area contributed by atoms with E-state index in [0.29, 0.717) is 27.6 Å². The second-order valence-corrected chi connectivity index (χ2v) is 8.93. The van der Waals surface area contributed by atoms with Crippen LogP contribution < -0.4 is 10.2 Å². The molecule has 0 saturated carbocycles. The van der Waals surface area contributed by atoms with E-state index < -0.39 is 6.04 Å². The van der Waals surface area contributed by atoms with Crippen LogP contribution in [-0.4, -0.2) is 15.3 Å². The van der Waals surface area contributed by atoms with Gasteiger partial charge in [-0.15, -0.1) is 0 Å². The van der Waals surface area contributed by atoms with E-state index in [9.17, 15) is 8.78 Å². The molecule has 176 valence electrons. The minimum atomic E-state index is -0.512. The minimum absolute atomic E-state index is 0.264. The lowest BCUT2D eigenvalue weighted by Gasteiger charge is -2.37. The van der Waals surface area contributed by atoms with Gasteiger partial charge in [0.1, 0.15) is 11.6 Å². The molecule has 1 N–H and O–H groups in total. The number of anilines is 1. The molecule has 1 aromatic heterocycles. The zero-order valence-electron chi connectivity index (χ0n) is 19.3. The van der Waals surface area contributed by atoms with Crippen LogP contribution in [0.25, 0.3) is 17.0 Å². The molecular formula is C27H22F2N4OS. The van der Waals surface area contributed by atoms with Gasteiger partial charge >= 0.3 is 0 Å². The summed E-state index contributed by atoms with van der Waals surface area (Å²) >= 11 is 5.76. The number of hydrogen-bond donors (Lipinski definition) is 1. The summed E-state index contributed by atoms with van der Waals surface area (Å²) in [4.78, 5) is 6.53. The quantitative estimate of drug-likeness (QED) is 0.331. The average Bonchev–Trinajstić information content (AvgIpc) is 3.28. The molecule has 1 atom stereocenters. The van der Waals surface area contributed by atoms with Crippen molar-refractivity contribution in [1.82, 2.24) is 15.5 Å². The summed E-state index contributed by atoms with van der Waals surface area (Å²) in [6.45, 7) is 5.98. The van der Waals surface area contributed by atoms with Crippen LogP contribution in [0.15, 0.2) is 77.0 Å². The largest absolute Gasteiger partial charge is 0.351 e. The minimum Gasteiger partial charge on any atom is -0.351 e. The third-order valence-corrected chi connectivity index (χ3v) is 6.19. The Morgan fingerprint density at radius 3 is 2.31 bits per heavy atom. The van der Waals surface area contributed by atoms with Crippen LogP contribution in [-0.2, 0) is 0 Å². The summed E-state index contributed by atoms with van der Waals surface area (Å²) in [5.74, 6) is -0.123. The number of hydrogen-bond acceptors (Lipinski definition) is 4. The summed E-state index contributed by atoms with van der Waals surface area (Å²) in [7, 11) is 0. The van der Waals surface area contributed by atoms with Gasteiger partial charge in [-0.2, -0.15) is 4.98 Å². The number of benzene rings is 3.